The summed E-state index contributed by atoms with van der Waals surface area (Å²) in [5, 5.41) is 25.7. The van der Waals surface area contributed by atoms with Crippen LogP contribution in [0.15, 0.2) is 47.5 Å². The molecule has 1 saturated carbocycles. The molecule has 4 aromatic rings. The van der Waals surface area contributed by atoms with Crippen LogP contribution in [0.4, 0.5) is 0 Å². The quantitative estimate of drug-likeness (QED) is 0.282. The molecule has 1 atom stereocenters. The molecule has 10 nitrogen and oxygen atoms in total. The second-order valence-electron chi connectivity index (χ2n) is 11.3. The van der Waals surface area contributed by atoms with Gasteiger partial charge in [-0.25, -0.2) is 9.67 Å². The lowest BCUT2D eigenvalue weighted by Crippen LogP contribution is -2.45. The molecule has 2 aromatic heterocycles. The molecule has 2 aromatic carbocycles. The minimum Gasteiger partial charge on any atom is -0.506 e. The molecular weight excluding hydrogens is 600 g/mol. The summed E-state index contributed by atoms with van der Waals surface area (Å²) in [6.07, 6.45) is 5.88. The van der Waals surface area contributed by atoms with Crippen molar-refractivity contribution in [3.8, 4) is 11.4 Å². The van der Waals surface area contributed by atoms with Crippen LogP contribution in [0.25, 0.3) is 16.7 Å². The van der Waals surface area contributed by atoms with Gasteiger partial charge in [-0.15, -0.1) is 0 Å². The summed E-state index contributed by atoms with van der Waals surface area (Å²) in [6, 6.07) is 8.99. The predicted octanol–water partition coefficient (Wildman–Crippen LogP) is 4.29. The smallest absolute Gasteiger partial charge is 0.256 e. The van der Waals surface area contributed by atoms with Crippen molar-refractivity contribution in [1.29, 1.82) is 0 Å². The molecule has 4 heterocycles. The zero-order valence-electron chi connectivity index (χ0n) is 23.0. The van der Waals surface area contributed by atoms with Gasteiger partial charge in [-0.05, 0) is 70.6 Å². The van der Waals surface area contributed by atoms with Crippen LogP contribution in [-0.4, -0.2) is 71.2 Å². The number of hydrogen-bond donors (Lipinski definition) is 3. The number of phenolic OH excluding ortho intramolecular Hbond substituents is 1. The molecule has 2 aliphatic heterocycles. The van der Waals surface area contributed by atoms with Crippen LogP contribution in [0.2, 0.25) is 0 Å². The van der Waals surface area contributed by atoms with E-state index in [2.05, 4.69) is 38.5 Å². The Morgan fingerprint density at radius 2 is 2.00 bits per heavy atom. The molecular formula is C31H31BrN6O4. The van der Waals surface area contributed by atoms with Crippen molar-refractivity contribution in [2.45, 2.75) is 50.7 Å². The average molecular weight is 632 g/mol. The van der Waals surface area contributed by atoms with Gasteiger partial charge in [0, 0.05) is 42.5 Å². The maximum atomic E-state index is 14.3. The lowest BCUT2D eigenvalue weighted by molar-refractivity contribution is -0.126. The number of carbonyl (C=O) groups excluding carboxylic acids is 2. The molecule has 0 unspecified atom stereocenters. The number of rotatable bonds is 5. The monoisotopic (exact) mass is 630 g/mol. The molecule has 0 bridgehead atoms. The number of nitrogens with one attached hydrogen (secondary N) is 1. The van der Waals surface area contributed by atoms with Gasteiger partial charge in [-0.1, -0.05) is 19.1 Å². The van der Waals surface area contributed by atoms with Gasteiger partial charge in [0.05, 0.1) is 28.5 Å². The molecule has 1 fully saturated rings. The Bertz CT molecular complexity index is 1760. The third-order valence-electron chi connectivity index (χ3n) is 8.98. The van der Waals surface area contributed by atoms with Gasteiger partial charge in [-0.3, -0.25) is 9.59 Å². The normalized spacial score (nSPS) is 18.5. The fourth-order valence-electron chi connectivity index (χ4n) is 6.59. The van der Waals surface area contributed by atoms with Crippen molar-refractivity contribution in [2.75, 3.05) is 19.6 Å². The SMILES string of the molecule is C=CC(=O)N1CCc2nn(-c3ccc(C4CCC4)cc3O)c3c2[C@H](C1)N(C(=O)c1ccc(Br)c2[nH]c(CO)nc12)CC3. The van der Waals surface area contributed by atoms with E-state index < -0.39 is 6.04 Å². The van der Waals surface area contributed by atoms with Gasteiger partial charge in [0.2, 0.25) is 5.91 Å². The zero-order chi connectivity index (χ0) is 29.1. The largest absolute Gasteiger partial charge is 0.506 e. The van der Waals surface area contributed by atoms with Crippen LogP contribution >= 0.6 is 15.9 Å². The minimum atomic E-state index is -0.442. The Morgan fingerprint density at radius 1 is 1.17 bits per heavy atom. The fraction of sp³-hybridized carbons (Fsp3) is 0.355. The number of aliphatic hydroxyl groups is 1. The second kappa shape index (κ2) is 10.4. The average Bonchev–Trinajstić information content (AvgIpc) is 3.51. The maximum Gasteiger partial charge on any atom is 0.256 e. The van der Waals surface area contributed by atoms with E-state index in [9.17, 15) is 19.8 Å². The molecule has 1 aliphatic carbocycles. The number of aromatic nitrogens is 4. The molecule has 0 radical (unpaired) electrons. The van der Waals surface area contributed by atoms with Gasteiger partial charge >= 0.3 is 0 Å². The summed E-state index contributed by atoms with van der Waals surface area (Å²) in [7, 11) is 0. The molecule has 42 heavy (non-hydrogen) atoms. The number of carbonyl (C=O) groups is 2. The van der Waals surface area contributed by atoms with Gasteiger partial charge < -0.3 is 25.0 Å². The summed E-state index contributed by atoms with van der Waals surface area (Å²) in [5.74, 6) is 0.669. The summed E-state index contributed by atoms with van der Waals surface area (Å²) in [5.41, 5.74) is 6.01. The van der Waals surface area contributed by atoms with E-state index in [0.717, 1.165) is 39.8 Å². The topological polar surface area (TPSA) is 128 Å². The van der Waals surface area contributed by atoms with Crippen LogP contribution in [0.1, 0.15) is 69.9 Å². The molecule has 0 saturated heterocycles. The van der Waals surface area contributed by atoms with Crippen LogP contribution in [-0.2, 0) is 24.2 Å². The van der Waals surface area contributed by atoms with Crippen molar-refractivity contribution in [3.63, 3.8) is 0 Å². The fourth-order valence-corrected chi connectivity index (χ4v) is 7.01. The van der Waals surface area contributed by atoms with Crippen molar-refractivity contribution in [1.82, 2.24) is 29.5 Å². The summed E-state index contributed by atoms with van der Waals surface area (Å²) < 4.78 is 2.58. The van der Waals surface area contributed by atoms with Gasteiger partial charge in [0.1, 0.15) is 29.4 Å². The third kappa shape index (κ3) is 4.25. The molecule has 7 rings (SSSR count). The molecule has 11 heteroatoms. The van der Waals surface area contributed by atoms with Crippen LogP contribution in [0.3, 0.4) is 0 Å². The molecule has 216 valence electrons. The van der Waals surface area contributed by atoms with E-state index >= 15 is 0 Å². The highest BCUT2D eigenvalue weighted by molar-refractivity contribution is 9.10. The van der Waals surface area contributed by atoms with Gasteiger partial charge in [0.25, 0.3) is 5.91 Å². The number of halogens is 1. The number of amides is 2. The van der Waals surface area contributed by atoms with E-state index in [0.29, 0.717) is 66.5 Å². The second-order valence-corrected chi connectivity index (χ2v) is 12.1. The summed E-state index contributed by atoms with van der Waals surface area (Å²) >= 11 is 3.51. The lowest BCUT2D eigenvalue weighted by Gasteiger charge is -2.38. The number of aromatic hydroxyl groups is 1. The zero-order valence-corrected chi connectivity index (χ0v) is 24.6. The number of fused-ring (bicyclic) bond motifs is 1. The number of aromatic amines is 1. The highest BCUT2D eigenvalue weighted by Crippen LogP contribution is 2.41. The minimum absolute atomic E-state index is 0.192. The van der Waals surface area contributed by atoms with Crippen molar-refractivity contribution in [3.05, 3.63) is 81.4 Å². The number of phenols is 1. The Kier molecular flexibility index (Phi) is 6.66. The standard InChI is InChI=1S/C31H31BrN6O4/c1-2-27(41)36-12-10-21-28-23(38(35-21)22-9-6-18(14-25(22)40)17-4-3-5-17)11-13-37(24(28)15-36)31(42)19-7-8-20(32)30-29(19)33-26(16-39)34-30/h2,6-9,14,17,24,39-40H,1,3-5,10-13,15-16H2,(H,33,34)/t24-/m0/s1. The van der Waals surface area contributed by atoms with E-state index in [4.69, 9.17) is 5.10 Å². The van der Waals surface area contributed by atoms with E-state index in [1.54, 1.807) is 17.0 Å². The van der Waals surface area contributed by atoms with E-state index in [-0.39, 0.29) is 24.2 Å². The first kappa shape index (κ1) is 26.9. The van der Waals surface area contributed by atoms with Crippen LogP contribution in [0.5, 0.6) is 5.75 Å². The van der Waals surface area contributed by atoms with E-state index in [1.807, 2.05) is 21.7 Å². The number of hydrogen-bond acceptors (Lipinski definition) is 6. The lowest BCUT2D eigenvalue weighted by atomic mass is 9.80. The Labute approximate surface area is 250 Å². The Morgan fingerprint density at radius 3 is 2.71 bits per heavy atom. The van der Waals surface area contributed by atoms with Crippen LogP contribution < -0.4 is 0 Å². The van der Waals surface area contributed by atoms with Crippen molar-refractivity contribution < 1.29 is 19.8 Å². The predicted molar refractivity (Wildman–Crippen MR) is 159 cm³/mol. The summed E-state index contributed by atoms with van der Waals surface area (Å²) in [4.78, 5) is 38.2. The number of imidazole rings is 1. The van der Waals surface area contributed by atoms with Crippen LogP contribution in [0, 0.1) is 0 Å². The summed E-state index contributed by atoms with van der Waals surface area (Å²) in [6.45, 7) is 4.54. The molecule has 3 aliphatic rings. The van der Waals surface area contributed by atoms with Crippen molar-refractivity contribution >= 4 is 38.8 Å². The number of aliphatic hydroxyl groups excluding tert-OH is 1. The molecule has 3 N–H and O–H groups in total. The molecule has 2 amide bonds. The first-order valence-electron chi connectivity index (χ1n) is 14.3. The van der Waals surface area contributed by atoms with E-state index in [1.165, 1.54) is 12.5 Å². The maximum absolute atomic E-state index is 14.3. The molecule has 0 spiro atoms. The third-order valence-corrected chi connectivity index (χ3v) is 9.64. The Hall–Kier alpha value is -3.96. The first-order valence-corrected chi connectivity index (χ1v) is 15.1. The first-order chi connectivity index (χ1) is 20.4. The number of nitrogens with zero attached hydrogens (tertiary/aromatic N) is 5. The highest BCUT2D eigenvalue weighted by atomic mass is 79.9. The highest BCUT2D eigenvalue weighted by Gasteiger charge is 2.41. The Balaban J connectivity index is 1.31. The van der Waals surface area contributed by atoms with Crippen molar-refractivity contribution in [2.24, 2.45) is 0 Å². The number of H-pyrrole nitrogens is 1. The van der Waals surface area contributed by atoms with Gasteiger partial charge in [0.15, 0.2) is 0 Å². The number of benzene rings is 2. The van der Waals surface area contributed by atoms with Gasteiger partial charge in [-0.2, -0.15) is 5.10 Å².